The van der Waals surface area contributed by atoms with Gasteiger partial charge in [-0.2, -0.15) is 0 Å². The zero-order valence-electron chi connectivity index (χ0n) is 19.1. The van der Waals surface area contributed by atoms with E-state index in [0.717, 1.165) is 30.5 Å². The summed E-state index contributed by atoms with van der Waals surface area (Å²) in [6.07, 6.45) is 0.983. The van der Waals surface area contributed by atoms with Crippen LogP contribution >= 0.6 is 0 Å². The van der Waals surface area contributed by atoms with Gasteiger partial charge in [-0.1, -0.05) is 24.3 Å². The number of aliphatic hydroxyl groups is 1. The fraction of sp³-hybridized carbons (Fsp3) is 0.391. The van der Waals surface area contributed by atoms with Crippen LogP contribution in [0.3, 0.4) is 0 Å². The van der Waals surface area contributed by atoms with Crippen molar-refractivity contribution in [3.63, 3.8) is 0 Å². The quantitative estimate of drug-likeness (QED) is 0.433. The summed E-state index contributed by atoms with van der Waals surface area (Å²) in [6.45, 7) is 2.95. The maximum absolute atomic E-state index is 13.0. The molecular formula is C23H30FN7O2. The number of aliphatic hydroxyl groups excluding tert-OH is 1. The number of aromatic nitrogens is 4. The standard InChI is InChI=1S/C23H30FN7O2/c1-16(21(32)15-30(2)13-5-6-17-9-11-19(24)12-10-17)25-23(33)26-20-8-4-7-18(14-20)22-27-28-29-31(22)3/h4,7-12,14,16,21,32H,5-6,13,15H2,1-3H3,(H2,25,26,33)/t16-,21-/m1/s1. The molecule has 2 amide bonds. The largest absolute Gasteiger partial charge is 0.390 e. The van der Waals surface area contributed by atoms with E-state index in [-0.39, 0.29) is 5.82 Å². The first-order chi connectivity index (χ1) is 15.8. The van der Waals surface area contributed by atoms with Gasteiger partial charge in [0.2, 0.25) is 0 Å². The summed E-state index contributed by atoms with van der Waals surface area (Å²) in [7, 11) is 3.67. The molecule has 0 radical (unpaired) electrons. The summed E-state index contributed by atoms with van der Waals surface area (Å²) >= 11 is 0. The third kappa shape index (κ3) is 7.33. The van der Waals surface area contributed by atoms with Gasteiger partial charge >= 0.3 is 6.03 Å². The molecule has 0 aliphatic heterocycles. The Kier molecular flexibility index (Phi) is 8.45. The van der Waals surface area contributed by atoms with Crippen molar-refractivity contribution in [3.8, 4) is 11.4 Å². The van der Waals surface area contributed by atoms with Gasteiger partial charge in [0, 0.05) is 24.8 Å². The minimum Gasteiger partial charge on any atom is -0.390 e. The van der Waals surface area contributed by atoms with Gasteiger partial charge in [0.25, 0.3) is 0 Å². The molecule has 0 spiro atoms. The summed E-state index contributed by atoms with van der Waals surface area (Å²) in [4.78, 5) is 14.4. The monoisotopic (exact) mass is 455 g/mol. The van der Waals surface area contributed by atoms with Crippen molar-refractivity contribution in [2.75, 3.05) is 25.5 Å². The van der Waals surface area contributed by atoms with Crippen LogP contribution in [-0.4, -0.2) is 68.5 Å². The molecule has 3 aromatic rings. The number of amides is 2. The fourth-order valence-electron chi connectivity index (χ4n) is 3.45. The maximum Gasteiger partial charge on any atom is 0.319 e. The molecule has 0 saturated heterocycles. The molecule has 2 atom stereocenters. The van der Waals surface area contributed by atoms with Crippen molar-refractivity contribution in [2.24, 2.45) is 7.05 Å². The third-order valence-electron chi connectivity index (χ3n) is 5.35. The number of halogens is 1. The molecule has 0 aliphatic rings. The van der Waals surface area contributed by atoms with Gasteiger partial charge in [0.05, 0.1) is 12.1 Å². The molecule has 3 N–H and O–H groups in total. The summed E-state index contributed by atoms with van der Waals surface area (Å²) < 4.78 is 14.5. The number of tetrazole rings is 1. The van der Waals surface area contributed by atoms with Crippen LogP contribution in [0, 0.1) is 5.82 Å². The highest BCUT2D eigenvalue weighted by Crippen LogP contribution is 2.19. The van der Waals surface area contributed by atoms with Gasteiger partial charge in [0.15, 0.2) is 5.82 Å². The highest BCUT2D eigenvalue weighted by atomic mass is 19.1. The molecule has 0 aliphatic carbocycles. The minimum absolute atomic E-state index is 0.236. The summed E-state index contributed by atoms with van der Waals surface area (Å²) in [5.74, 6) is 0.352. The van der Waals surface area contributed by atoms with Gasteiger partial charge in [-0.3, -0.25) is 0 Å². The van der Waals surface area contributed by atoms with Gasteiger partial charge < -0.3 is 20.6 Å². The Morgan fingerprint density at radius 3 is 2.70 bits per heavy atom. The SMILES string of the molecule is C[C@@H](NC(=O)Nc1cccc(-c2nnnn2C)c1)[C@H](O)CN(C)CCCc1ccc(F)cc1. The number of nitrogens with one attached hydrogen (secondary N) is 2. The molecule has 9 nitrogen and oxygen atoms in total. The van der Waals surface area contributed by atoms with Crippen LogP contribution < -0.4 is 10.6 Å². The van der Waals surface area contributed by atoms with Crippen molar-refractivity contribution >= 4 is 11.7 Å². The molecule has 176 valence electrons. The Balaban J connectivity index is 1.42. The Bertz CT molecular complexity index is 1040. The first-order valence-corrected chi connectivity index (χ1v) is 10.8. The first-order valence-electron chi connectivity index (χ1n) is 10.8. The summed E-state index contributed by atoms with van der Waals surface area (Å²) in [5, 5.41) is 27.5. The molecule has 10 heteroatoms. The molecule has 33 heavy (non-hydrogen) atoms. The number of carbonyl (C=O) groups excluding carboxylic acids is 1. The van der Waals surface area contributed by atoms with Crippen LogP contribution in [0.4, 0.5) is 14.9 Å². The van der Waals surface area contributed by atoms with Gasteiger partial charge in [-0.25, -0.2) is 13.9 Å². The van der Waals surface area contributed by atoms with E-state index in [4.69, 9.17) is 0 Å². The third-order valence-corrected chi connectivity index (χ3v) is 5.35. The lowest BCUT2D eigenvalue weighted by Crippen LogP contribution is -2.47. The van der Waals surface area contributed by atoms with Crippen molar-refractivity contribution in [1.29, 1.82) is 0 Å². The number of urea groups is 1. The zero-order chi connectivity index (χ0) is 23.8. The number of anilines is 1. The zero-order valence-corrected chi connectivity index (χ0v) is 19.1. The normalized spacial score (nSPS) is 13.0. The molecule has 0 unspecified atom stereocenters. The van der Waals surface area contributed by atoms with E-state index in [1.54, 1.807) is 49.0 Å². The van der Waals surface area contributed by atoms with Crippen molar-refractivity contribution < 1.29 is 14.3 Å². The molecule has 2 aromatic carbocycles. The number of hydrogen-bond acceptors (Lipinski definition) is 6. The lowest BCUT2D eigenvalue weighted by Gasteiger charge is -2.25. The van der Waals surface area contributed by atoms with Crippen molar-refractivity contribution in [1.82, 2.24) is 30.4 Å². The second-order valence-corrected chi connectivity index (χ2v) is 8.15. The number of nitrogens with zero attached hydrogens (tertiary/aromatic N) is 5. The predicted octanol–water partition coefficient (Wildman–Crippen LogP) is 2.45. The molecule has 0 fully saturated rings. The van der Waals surface area contributed by atoms with E-state index in [1.807, 2.05) is 18.0 Å². The lowest BCUT2D eigenvalue weighted by molar-refractivity contribution is 0.0975. The van der Waals surface area contributed by atoms with Crippen LogP contribution in [0.1, 0.15) is 18.9 Å². The predicted molar refractivity (Wildman–Crippen MR) is 124 cm³/mol. The number of benzene rings is 2. The van der Waals surface area contributed by atoms with E-state index >= 15 is 0 Å². The van der Waals surface area contributed by atoms with E-state index in [9.17, 15) is 14.3 Å². The Labute approximate surface area is 192 Å². The van der Waals surface area contributed by atoms with E-state index in [1.165, 1.54) is 12.1 Å². The van der Waals surface area contributed by atoms with Crippen LogP contribution in [-0.2, 0) is 13.5 Å². The number of carbonyl (C=O) groups is 1. The molecule has 1 heterocycles. The average Bonchev–Trinajstić information content (AvgIpc) is 3.21. The number of hydrogen-bond donors (Lipinski definition) is 3. The highest BCUT2D eigenvalue weighted by molar-refractivity contribution is 5.90. The second-order valence-electron chi connectivity index (χ2n) is 8.15. The smallest absolute Gasteiger partial charge is 0.319 e. The van der Waals surface area contributed by atoms with Gasteiger partial charge in [-0.05, 0) is 73.6 Å². The highest BCUT2D eigenvalue weighted by Gasteiger charge is 2.18. The van der Waals surface area contributed by atoms with Crippen molar-refractivity contribution in [2.45, 2.75) is 31.9 Å². The molecule has 0 bridgehead atoms. The average molecular weight is 456 g/mol. The second kappa shape index (κ2) is 11.5. The number of likely N-dealkylation sites (N-methyl/N-ethyl adjacent to an activating group) is 1. The van der Waals surface area contributed by atoms with Crippen LogP contribution in [0.5, 0.6) is 0 Å². The minimum atomic E-state index is -0.734. The molecule has 0 saturated carbocycles. The Morgan fingerprint density at radius 1 is 1.24 bits per heavy atom. The fourth-order valence-corrected chi connectivity index (χ4v) is 3.45. The van der Waals surface area contributed by atoms with Crippen molar-refractivity contribution in [3.05, 3.63) is 59.9 Å². The number of rotatable bonds is 10. The lowest BCUT2D eigenvalue weighted by atomic mass is 10.1. The molecular weight excluding hydrogens is 425 g/mol. The van der Waals surface area contributed by atoms with Gasteiger partial charge in [-0.15, -0.1) is 5.10 Å². The van der Waals surface area contributed by atoms with Gasteiger partial charge in [0.1, 0.15) is 5.82 Å². The maximum atomic E-state index is 13.0. The van der Waals surface area contributed by atoms with E-state index in [0.29, 0.717) is 18.1 Å². The summed E-state index contributed by atoms with van der Waals surface area (Å²) in [6, 6.07) is 12.8. The first kappa shape index (κ1) is 24.3. The van der Waals surface area contributed by atoms with E-state index < -0.39 is 18.2 Å². The molecule has 1 aromatic heterocycles. The summed E-state index contributed by atoms with van der Waals surface area (Å²) in [5.41, 5.74) is 2.44. The number of aryl methyl sites for hydroxylation is 2. The van der Waals surface area contributed by atoms with E-state index in [2.05, 4.69) is 26.2 Å². The molecule has 3 rings (SSSR count). The van der Waals surface area contributed by atoms with Crippen LogP contribution in [0.15, 0.2) is 48.5 Å². The Hall–Kier alpha value is -3.37. The Morgan fingerprint density at radius 2 is 2.00 bits per heavy atom. The van der Waals surface area contributed by atoms with Crippen LogP contribution in [0.25, 0.3) is 11.4 Å². The van der Waals surface area contributed by atoms with Crippen LogP contribution in [0.2, 0.25) is 0 Å². The topological polar surface area (TPSA) is 108 Å².